The summed E-state index contributed by atoms with van der Waals surface area (Å²) in [5.74, 6) is -0.999. The summed E-state index contributed by atoms with van der Waals surface area (Å²) in [6.07, 6.45) is 0. The molecule has 0 fully saturated rings. The average Bonchev–Trinajstić information content (AvgIpc) is 2.61. The first-order valence-electron chi connectivity index (χ1n) is 8.69. The van der Waals surface area contributed by atoms with Crippen LogP contribution in [0.5, 0.6) is 5.75 Å². The molecule has 2 aromatic rings. The first kappa shape index (κ1) is 20.8. The molecule has 0 unspecified atom stereocenters. The van der Waals surface area contributed by atoms with E-state index < -0.39 is 12.6 Å². The van der Waals surface area contributed by atoms with Crippen LogP contribution in [0.1, 0.15) is 29.8 Å². The summed E-state index contributed by atoms with van der Waals surface area (Å²) in [5.41, 5.74) is 2.18. The van der Waals surface area contributed by atoms with E-state index in [1.54, 1.807) is 49.4 Å². The monoisotopic (exact) mass is 385 g/mol. The fourth-order valence-corrected chi connectivity index (χ4v) is 2.37. The molecule has 0 aliphatic carbocycles. The number of amides is 3. The highest BCUT2D eigenvalue weighted by Crippen LogP contribution is 2.22. The largest absolute Gasteiger partial charge is 0.482 e. The van der Waals surface area contributed by atoms with E-state index in [9.17, 15) is 14.4 Å². The molecule has 8 heteroatoms. The Balaban J connectivity index is 2.05. The van der Waals surface area contributed by atoms with E-state index >= 15 is 0 Å². The predicted octanol–water partition coefficient (Wildman–Crippen LogP) is 3.24. The lowest BCUT2D eigenvalue weighted by molar-refractivity contribution is -0.139. The minimum Gasteiger partial charge on any atom is -0.482 e. The molecule has 8 nitrogen and oxygen atoms in total. The van der Waals surface area contributed by atoms with E-state index in [-0.39, 0.29) is 18.0 Å². The summed E-state index contributed by atoms with van der Waals surface area (Å²) >= 11 is 0. The van der Waals surface area contributed by atoms with Gasteiger partial charge in [0.25, 0.3) is 5.91 Å². The van der Waals surface area contributed by atoms with E-state index in [1.165, 1.54) is 0 Å². The molecule has 0 atom stereocenters. The molecule has 0 saturated heterocycles. The number of carboxylic acid groups (broad SMARTS) is 1. The number of anilines is 2. The number of carbonyl (C=O) groups is 3. The van der Waals surface area contributed by atoms with Crippen LogP contribution < -0.4 is 20.7 Å². The standard InChI is InChI=1S/C20H23N3O5/c1-12(2)21-20(27)22-15-6-4-5-14(10-15)19(26)23-17-8-7-16(9-13(17)3)28-11-18(24)25/h4-10,12H,11H2,1-3H3,(H,23,26)(H,24,25)(H2,21,22,27). The smallest absolute Gasteiger partial charge is 0.341 e. The summed E-state index contributed by atoms with van der Waals surface area (Å²) < 4.78 is 5.11. The fourth-order valence-electron chi connectivity index (χ4n) is 2.37. The Morgan fingerprint density at radius 3 is 2.46 bits per heavy atom. The van der Waals surface area contributed by atoms with Gasteiger partial charge in [-0.25, -0.2) is 9.59 Å². The van der Waals surface area contributed by atoms with Crippen LogP contribution in [-0.4, -0.2) is 35.7 Å². The summed E-state index contributed by atoms with van der Waals surface area (Å²) in [4.78, 5) is 34.9. The van der Waals surface area contributed by atoms with Crippen molar-refractivity contribution < 1.29 is 24.2 Å². The summed E-state index contributed by atoms with van der Waals surface area (Å²) in [6.45, 7) is 5.04. The van der Waals surface area contributed by atoms with Crippen molar-refractivity contribution in [2.45, 2.75) is 26.8 Å². The zero-order chi connectivity index (χ0) is 20.7. The molecular weight excluding hydrogens is 362 g/mol. The van der Waals surface area contributed by atoms with Gasteiger partial charge in [-0.05, 0) is 62.7 Å². The van der Waals surface area contributed by atoms with Crippen LogP contribution in [0.15, 0.2) is 42.5 Å². The molecular formula is C20H23N3O5. The van der Waals surface area contributed by atoms with Crippen LogP contribution in [0.2, 0.25) is 0 Å². The Morgan fingerprint density at radius 1 is 1.07 bits per heavy atom. The van der Waals surface area contributed by atoms with E-state index in [0.717, 1.165) is 5.56 Å². The second-order valence-corrected chi connectivity index (χ2v) is 6.45. The summed E-state index contributed by atoms with van der Waals surface area (Å²) in [7, 11) is 0. The van der Waals surface area contributed by atoms with Crippen molar-refractivity contribution >= 4 is 29.3 Å². The number of rotatable bonds is 7. The Morgan fingerprint density at radius 2 is 1.82 bits per heavy atom. The molecule has 3 amide bonds. The lowest BCUT2D eigenvalue weighted by atomic mass is 10.1. The second kappa shape index (κ2) is 9.40. The van der Waals surface area contributed by atoms with Crippen LogP contribution >= 0.6 is 0 Å². The van der Waals surface area contributed by atoms with Crippen molar-refractivity contribution in [2.75, 3.05) is 17.2 Å². The first-order valence-corrected chi connectivity index (χ1v) is 8.69. The van der Waals surface area contributed by atoms with E-state index in [4.69, 9.17) is 9.84 Å². The van der Waals surface area contributed by atoms with Crippen LogP contribution in [-0.2, 0) is 4.79 Å². The van der Waals surface area contributed by atoms with Gasteiger partial charge < -0.3 is 25.8 Å². The topological polar surface area (TPSA) is 117 Å². The minimum atomic E-state index is -1.06. The molecule has 2 aromatic carbocycles. The Hall–Kier alpha value is -3.55. The van der Waals surface area contributed by atoms with Gasteiger partial charge in [-0.15, -0.1) is 0 Å². The normalized spacial score (nSPS) is 10.3. The van der Waals surface area contributed by atoms with Gasteiger partial charge in [-0.2, -0.15) is 0 Å². The molecule has 148 valence electrons. The first-order chi connectivity index (χ1) is 13.2. The molecule has 0 aliphatic rings. The van der Waals surface area contributed by atoms with Crippen LogP contribution in [0.4, 0.5) is 16.2 Å². The molecule has 4 N–H and O–H groups in total. The number of benzene rings is 2. The number of urea groups is 1. The summed E-state index contributed by atoms with van der Waals surface area (Å²) in [6, 6.07) is 11.1. The maximum atomic E-state index is 12.5. The fraction of sp³-hybridized carbons (Fsp3) is 0.250. The molecule has 0 bridgehead atoms. The minimum absolute atomic E-state index is 0.00286. The van der Waals surface area contributed by atoms with Gasteiger partial charge in [-0.1, -0.05) is 6.07 Å². The summed E-state index contributed by atoms with van der Waals surface area (Å²) in [5, 5.41) is 16.8. The highest BCUT2D eigenvalue weighted by Gasteiger charge is 2.11. The third kappa shape index (κ3) is 6.31. The molecule has 0 aromatic heterocycles. The van der Waals surface area contributed by atoms with Gasteiger partial charge in [0, 0.05) is 23.0 Å². The van der Waals surface area contributed by atoms with Crippen molar-refractivity contribution in [3.05, 3.63) is 53.6 Å². The number of hydrogen-bond donors (Lipinski definition) is 4. The highest BCUT2D eigenvalue weighted by molar-refractivity contribution is 6.05. The number of carboxylic acids is 1. The predicted molar refractivity (Wildman–Crippen MR) is 106 cm³/mol. The SMILES string of the molecule is Cc1cc(OCC(=O)O)ccc1NC(=O)c1cccc(NC(=O)NC(C)C)c1. The van der Waals surface area contributed by atoms with Crippen LogP contribution in [0, 0.1) is 6.92 Å². The van der Waals surface area contributed by atoms with E-state index in [1.807, 2.05) is 13.8 Å². The number of aliphatic carboxylic acids is 1. The maximum absolute atomic E-state index is 12.5. The van der Waals surface area contributed by atoms with Gasteiger partial charge >= 0.3 is 12.0 Å². The molecule has 0 aliphatic heterocycles. The molecule has 0 spiro atoms. The number of aryl methyl sites for hydroxylation is 1. The Labute approximate surface area is 162 Å². The molecule has 28 heavy (non-hydrogen) atoms. The lowest BCUT2D eigenvalue weighted by Gasteiger charge is -2.12. The van der Waals surface area contributed by atoms with Gasteiger partial charge in [0.15, 0.2) is 6.61 Å². The number of nitrogens with one attached hydrogen (secondary N) is 3. The number of ether oxygens (including phenoxy) is 1. The average molecular weight is 385 g/mol. The van der Waals surface area contributed by atoms with Crippen LogP contribution in [0.3, 0.4) is 0 Å². The second-order valence-electron chi connectivity index (χ2n) is 6.45. The zero-order valence-electron chi connectivity index (χ0n) is 15.9. The third-order valence-electron chi connectivity index (χ3n) is 3.61. The molecule has 2 rings (SSSR count). The van der Waals surface area contributed by atoms with E-state index in [2.05, 4.69) is 16.0 Å². The van der Waals surface area contributed by atoms with Crippen LogP contribution in [0.25, 0.3) is 0 Å². The number of carbonyl (C=O) groups excluding carboxylic acids is 2. The Bertz CT molecular complexity index is 880. The highest BCUT2D eigenvalue weighted by atomic mass is 16.5. The van der Waals surface area contributed by atoms with Crippen molar-refractivity contribution in [1.82, 2.24) is 5.32 Å². The molecule has 0 saturated carbocycles. The van der Waals surface area contributed by atoms with Crippen molar-refractivity contribution in [1.29, 1.82) is 0 Å². The van der Waals surface area contributed by atoms with E-state index in [0.29, 0.717) is 22.7 Å². The number of hydrogen-bond acceptors (Lipinski definition) is 4. The maximum Gasteiger partial charge on any atom is 0.341 e. The van der Waals surface area contributed by atoms with Gasteiger partial charge in [0.1, 0.15) is 5.75 Å². The molecule has 0 radical (unpaired) electrons. The lowest BCUT2D eigenvalue weighted by Crippen LogP contribution is -2.34. The van der Waals surface area contributed by atoms with Gasteiger partial charge in [-0.3, -0.25) is 4.79 Å². The zero-order valence-corrected chi connectivity index (χ0v) is 15.9. The third-order valence-corrected chi connectivity index (χ3v) is 3.61. The molecule has 0 heterocycles. The van der Waals surface area contributed by atoms with Crippen molar-refractivity contribution in [3.63, 3.8) is 0 Å². The van der Waals surface area contributed by atoms with Gasteiger partial charge in [0.2, 0.25) is 0 Å². The van der Waals surface area contributed by atoms with Gasteiger partial charge in [0.05, 0.1) is 0 Å². The Kier molecular flexibility index (Phi) is 6.97. The van der Waals surface area contributed by atoms with Crippen molar-refractivity contribution in [2.24, 2.45) is 0 Å². The quantitative estimate of drug-likeness (QED) is 0.584. The van der Waals surface area contributed by atoms with Crippen molar-refractivity contribution in [3.8, 4) is 5.75 Å².